The van der Waals surface area contributed by atoms with Crippen LogP contribution in [0.25, 0.3) is 0 Å². The number of unbranched alkanes of at least 4 members (excludes halogenated alkanes) is 6. The molecule has 1 fully saturated rings. The molecular weight excluding hydrogens is 373 g/mol. The number of hydrogen-bond donors (Lipinski definition) is 2. The summed E-state index contributed by atoms with van der Waals surface area (Å²) in [5.41, 5.74) is 1.15. The average molecular weight is 412 g/mol. The predicted molar refractivity (Wildman–Crippen MR) is 116 cm³/mol. The van der Waals surface area contributed by atoms with Gasteiger partial charge in [-0.1, -0.05) is 51.5 Å². The van der Waals surface area contributed by atoms with Crippen LogP contribution >= 0.6 is 8.03 Å². The lowest BCUT2D eigenvalue weighted by atomic mass is 10.1. The number of ether oxygens (including phenoxy) is 2. The fourth-order valence-corrected chi connectivity index (χ4v) is 3.56. The molecule has 1 aromatic carbocycles. The molecule has 6 heteroatoms. The standard InChI is InChI=1S/C22H38NO4P/c1-2-3-4-5-6-7-8-15-26-21-13-10-19(17-22(21)27-20-11-12-20)18-23-14-9-16-28(24)25/h10,13,17,20,23,28H,2-9,11-12,14-16,18H2,1H3,(H,24,25). The van der Waals surface area contributed by atoms with E-state index in [0.29, 0.717) is 12.3 Å². The molecule has 5 nitrogen and oxygen atoms in total. The highest BCUT2D eigenvalue weighted by Crippen LogP contribution is 2.34. The first-order valence-corrected chi connectivity index (χ1v) is 12.6. The Kier molecular flexibility index (Phi) is 11.7. The van der Waals surface area contributed by atoms with Crippen LogP contribution in [0, 0.1) is 0 Å². The molecule has 160 valence electrons. The molecule has 0 spiro atoms. The van der Waals surface area contributed by atoms with Crippen molar-refractivity contribution in [1.82, 2.24) is 5.32 Å². The molecule has 1 unspecified atom stereocenters. The topological polar surface area (TPSA) is 67.8 Å². The highest BCUT2D eigenvalue weighted by molar-refractivity contribution is 7.37. The Morgan fingerprint density at radius 3 is 2.54 bits per heavy atom. The monoisotopic (exact) mass is 411 g/mol. The third-order valence-electron chi connectivity index (χ3n) is 4.90. The van der Waals surface area contributed by atoms with Crippen molar-refractivity contribution in [2.45, 2.75) is 83.8 Å². The van der Waals surface area contributed by atoms with E-state index in [1.807, 2.05) is 6.07 Å². The Labute approximate surface area is 171 Å². The zero-order valence-electron chi connectivity index (χ0n) is 17.4. The van der Waals surface area contributed by atoms with Gasteiger partial charge in [0.2, 0.25) is 0 Å². The van der Waals surface area contributed by atoms with Crippen molar-refractivity contribution in [3.8, 4) is 11.5 Å². The average Bonchev–Trinajstić information content (AvgIpc) is 3.49. The first-order valence-electron chi connectivity index (χ1n) is 11.0. The third-order valence-corrected chi connectivity index (χ3v) is 5.69. The molecule has 0 radical (unpaired) electrons. The van der Waals surface area contributed by atoms with Gasteiger partial charge in [-0.3, -0.25) is 4.57 Å². The second kappa shape index (κ2) is 14.0. The zero-order chi connectivity index (χ0) is 20.0. The summed E-state index contributed by atoms with van der Waals surface area (Å²) in [5, 5.41) is 3.32. The molecular formula is C22H38NO4P. The Morgan fingerprint density at radius 1 is 1.07 bits per heavy atom. The van der Waals surface area contributed by atoms with Crippen LogP contribution in [-0.4, -0.2) is 30.3 Å². The minimum atomic E-state index is -2.34. The van der Waals surface area contributed by atoms with Crippen LogP contribution in [0.5, 0.6) is 11.5 Å². The molecule has 1 saturated carbocycles. The molecule has 1 aromatic rings. The second-order valence-corrected chi connectivity index (χ2v) is 9.03. The quantitative estimate of drug-likeness (QED) is 0.269. The van der Waals surface area contributed by atoms with Crippen molar-refractivity contribution in [3.05, 3.63) is 23.8 Å². The molecule has 0 heterocycles. The van der Waals surface area contributed by atoms with Gasteiger partial charge < -0.3 is 19.7 Å². The summed E-state index contributed by atoms with van der Waals surface area (Å²) in [7, 11) is -2.34. The fraction of sp³-hybridized carbons (Fsp3) is 0.727. The van der Waals surface area contributed by atoms with E-state index in [0.717, 1.165) is 62.4 Å². The first kappa shape index (κ1) is 23.3. The van der Waals surface area contributed by atoms with Crippen LogP contribution < -0.4 is 14.8 Å². The molecule has 1 aliphatic rings. The third kappa shape index (κ3) is 10.5. The second-order valence-electron chi connectivity index (χ2n) is 7.74. The van der Waals surface area contributed by atoms with Gasteiger partial charge in [0.1, 0.15) is 0 Å². The molecule has 1 aliphatic carbocycles. The number of benzene rings is 1. The molecule has 0 aliphatic heterocycles. The van der Waals surface area contributed by atoms with Crippen LogP contribution in [0.1, 0.15) is 76.7 Å². The molecule has 1 atom stereocenters. The molecule has 0 aromatic heterocycles. The number of nitrogens with one attached hydrogen (secondary N) is 1. The van der Waals surface area contributed by atoms with Gasteiger partial charge in [0.15, 0.2) is 19.5 Å². The van der Waals surface area contributed by atoms with Crippen molar-refractivity contribution in [1.29, 1.82) is 0 Å². The summed E-state index contributed by atoms with van der Waals surface area (Å²) < 4.78 is 22.8. The first-order chi connectivity index (χ1) is 13.7. The Hall–Kier alpha value is -1.03. The van der Waals surface area contributed by atoms with Crippen LogP contribution in [0.2, 0.25) is 0 Å². The summed E-state index contributed by atoms with van der Waals surface area (Å²) in [5.74, 6) is 1.70. The highest BCUT2D eigenvalue weighted by atomic mass is 31.1. The lowest BCUT2D eigenvalue weighted by molar-refractivity contribution is 0.255. The van der Waals surface area contributed by atoms with E-state index in [9.17, 15) is 4.57 Å². The van der Waals surface area contributed by atoms with E-state index in [4.69, 9.17) is 14.4 Å². The normalized spacial score (nSPS) is 14.8. The maximum atomic E-state index is 10.7. The van der Waals surface area contributed by atoms with Crippen LogP contribution in [0.4, 0.5) is 0 Å². The van der Waals surface area contributed by atoms with Crippen LogP contribution in [0.15, 0.2) is 18.2 Å². The Morgan fingerprint density at radius 2 is 1.82 bits per heavy atom. The van der Waals surface area contributed by atoms with Gasteiger partial charge in [-0.2, -0.15) is 0 Å². The van der Waals surface area contributed by atoms with Gasteiger partial charge in [-0.25, -0.2) is 0 Å². The minimum Gasteiger partial charge on any atom is -0.490 e. The summed E-state index contributed by atoms with van der Waals surface area (Å²) in [6.45, 7) is 4.46. The molecule has 2 N–H and O–H groups in total. The summed E-state index contributed by atoms with van der Waals surface area (Å²) in [6, 6.07) is 6.16. The Bertz CT molecular complexity index is 578. The highest BCUT2D eigenvalue weighted by Gasteiger charge is 2.25. The lowest BCUT2D eigenvalue weighted by Gasteiger charge is -2.14. The van der Waals surface area contributed by atoms with Crippen molar-refractivity contribution in [2.75, 3.05) is 19.3 Å². The van der Waals surface area contributed by atoms with E-state index in [1.165, 1.54) is 38.5 Å². The number of rotatable bonds is 17. The molecule has 0 bridgehead atoms. The number of hydrogen-bond acceptors (Lipinski definition) is 4. The summed E-state index contributed by atoms with van der Waals surface area (Å²) in [4.78, 5) is 8.87. The van der Waals surface area contributed by atoms with E-state index < -0.39 is 8.03 Å². The summed E-state index contributed by atoms with van der Waals surface area (Å²) >= 11 is 0. The van der Waals surface area contributed by atoms with Gasteiger partial charge in [-0.05, 0) is 49.9 Å². The maximum Gasteiger partial charge on any atom is 0.189 e. The van der Waals surface area contributed by atoms with Gasteiger partial charge in [0, 0.05) is 12.7 Å². The maximum absolute atomic E-state index is 10.7. The SMILES string of the molecule is CCCCCCCCCOc1ccc(CNCCC[PH](=O)O)cc1OC1CC1. The minimum absolute atomic E-state index is 0.339. The molecule has 2 rings (SSSR count). The van der Waals surface area contributed by atoms with Crippen LogP contribution in [-0.2, 0) is 11.1 Å². The van der Waals surface area contributed by atoms with Crippen molar-refractivity contribution in [2.24, 2.45) is 0 Å². The lowest BCUT2D eigenvalue weighted by Crippen LogP contribution is -2.15. The van der Waals surface area contributed by atoms with Gasteiger partial charge >= 0.3 is 0 Å². The van der Waals surface area contributed by atoms with Gasteiger partial charge in [-0.15, -0.1) is 0 Å². The van der Waals surface area contributed by atoms with Crippen molar-refractivity contribution >= 4 is 8.03 Å². The van der Waals surface area contributed by atoms with E-state index in [2.05, 4.69) is 24.4 Å². The van der Waals surface area contributed by atoms with E-state index in [-0.39, 0.29) is 0 Å². The van der Waals surface area contributed by atoms with Crippen LogP contribution in [0.3, 0.4) is 0 Å². The predicted octanol–water partition coefficient (Wildman–Crippen LogP) is 5.30. The van der Waals surface area contributed by atoms with E-state index >= 15 is 0 Å². The van der Waals surface area contributed by atoms with E-state index in [1.54, 1.807) is 0 Å². The zero-order valence-corrected chi connectivity index (χ0v) is 18.4. The van der Waals surface area contributed by atoms with Crippen molar-refractivity contribution in [3.63, 3.8) is 0 Å². The fourth-order valence-electron chi connectivity index (χ4n) is 3.08. The van der Waals surface area contributed by atoms with Gasteiger partial charge in [0.05, 0.1) is 12.7 Å². The smallest absolute Gasteiger partial charge is 0.189 e. The molecule has 0 amide bonds. The molecule has 28 heavy (non-hydrogen) atoms. The van der Waals surface area contributed by atoms with Gasteiger partial charge in [0.25, 0.3) is 0 Å². The largest absolute Gasteiger partial charge is 0.490 e. The van der Waals surface area contributed by atoms with Crippen molar-refractivity contribution < 1.29 is 18.9 Å². The Balaban J connectivity index is 1.72. The summed E-state index contributed by atoms with van der Waals surface area (Å²) in [6.07, 6.45) is 12.6. The molecule has 0 saturated heterocycles.